The third kappa shape index (κ3) is 9.71. The SMILES string of the molecule is CCCCCCC/C=C/CCCCCO[C@H]1[C@@H]([C@H](O)CO)OC[C@@H]1O. The van der Waals surface area contributed by atoms with E-state index in [-0.39, 0.29) is 13.2 Å². The van der Waals surface area contributed by atoms with Crippen LogP contribution in [0.3, 0.4) is 0 Å². The standard InChI is InChI=1S/C20H38O5/c1-2-3-4-5-6-7-8-9-10-11-12-13-14-24-20-18(23)16-25-19(20)17(22)15-21/h8-9,17-23H,2-7,10-16H2,1H3/b9-8+/t17-,18+,19-,20-/m1/s1. The van der Waals surface area contributed by atoms with E-state index in [2.05, 4.69) is 19.1 Å². The van der Waals surface area contributed by atoms with E-state index < -0.39 is 24.4 Å². The summed E-state index contributed by atoms with van der Waals surface area (Å²) in [5, 5.41) is 28.5. The van der Waals surface area contributed by atoms with Crippen LogP contribution in [-0.4, -0.2) is 59.6 Å². The number of aliphatic hydroxyl groups is 3. The first-order valence-electron chi connectivity index (χ1n) is 10.1. The van der Waals surface area contributed by atoms with Crippen molar-refractivity contribution in [2.75, 3.05) is 19.8 Å². The van der Waals surface area contributed by atoms with Crippen LogP contribution in [0, 0.1) is 0 Å². The Morgan fingerprint density at radius 3 is 2.32 bits per heavy atom. The maximum atomic E-state index is 9.84. The molecule has 5 heteroatoms. The van der Waals surface area contributed by atoms with Crippen molar-refractivity contribution < 1.29 is 24.8 Å². The van der Waals surface area contributed by atoms with Gasteiger partial charge in [-0.15, -0.1) is 0 Å². The van der Waals surface area contributed by atoms with Gasteiger partial charge in [-0.05, 0) is 32.1 Å². The van der Waals surface area contributed by atoms with Crippen molar-refractivity contribution in [1.82, 2.24) is 0 Å². The van der Waals surface area contributed by atoms with Crippen molar-refractivity contribution in [1.29, 1.82) is 0 Å². The number of ether oxygens (including phenoxy) is 2. The molecular formula is C20H38O5. The lowest BCUT2D eigenvalue weighted by molar-refractivity contribution is -0.0937. The average Bonchev–Trinajstić information content (AvgIpc) is 2.99. The van der Waals surface area contributed by atoms with E-state index in [0.29, 0.717) is 6.61 Å². The van der Waals surface area contributed by atoms with E-state index >= 15 is 0 Å². The zero-order valence-corrected chi connectivity index (χ0v) is 15.8. The highest BCUT2D eigenvalue weighted by molar-refractivity contribution is 4.89. The van der Waals surface area contributed by atoms with Crippen LogP contribution in [0.15, 0.2) is 12.2 Å². The van der Waals surface area contributed by atoms with Crippen LogP contribution in [-0.2, 0) is 9.47 Å². The molecule has 0 radical (unpaired) electrons. The van der Waals surface area contributed by atoms with Crippen molar-refractivity contribution >= 4 is 0 Å². The number of aliphatic hydroxyl groups excluding tert-OH is 3. The smallest absolute Gasteiger partial charge is 0.114 e. The minimum Gasteiger partial charge on any atom is -0.394 e. The van der Waals surface area contributed by atoms with Crippen LogP contribution in [0.2, 0.25) is 0 Å². The lowest BCUT2D eigenvalue weighted by Gasteiger charge is -2.23. The third-order valence-electron chi connectivity index (χ3n) is 4.70. The number of rotatable bonds is 15. The molecule has 0 unspecified atom stereocenters. The molecule has 0 aromatic rings. The summed E-state index contributed by atoms with van der Waals surface area (Å²) in [7, 11) is 0. The first kappa shape index (κ1) is 22.6. The van der Waals surface area contributed by atoms with Gasteiger partial charge in [0.15, 0.2) is 0 Å². The molecule has 1 saturated heterocycles. The zero-order valence-electron chi connectivity index (χ0n) is 15.8. The summed E-state index contributed by atoms with van der Waals surface area (Å²) >= 11 is 0. The normalized spacial score (nSPS) is 25.0. The Kier molecular flexibility index (Phi) is 13.3. The Morgan fingerprint density at radius 1 is 1.04 bits per heavy atom. The van der Waals surface area contributed by atoms with Crippen LogP contribution in [0.25, 0.3) is 0 Å². The monoisotopic (exact) mass is 358 g/mol. The van der Waals surface area contributed by atoms with E-state index in [9.17, 15) is 10.2 Å². The fourth-order valence-corrected chi connectivity index (χ4v) is 3.12. The molecule has 1 fully saturated rings. The predicted octanol–water partition coefficient (Wildman–Crippen LogP) is 2.96. The van der Waals surface area contributed by atoms with Gasteiger partial charge in [0.2, 0.25) is 0 Å². The summed E-state index contributed by atoms with van der Waals surface area (Å²) in [6.45, 7) is 2.55. The highest BCUT2D eigenvalue weighted by Crippen LogP contribution is 2.21. The first-order valence-corrected chi connectivity index (χ1v) is 10.1. The Morgan fingerprint density at radius 2 is 1.68 bits per heavy atom. The molecule has 1 heterocycles. The number of allylic oxidation sites excluding steroid dienone is 2. The van der Waals surface area contributed by atoms with Crippen LogP contribution >= 0.6 is 0 Å². The van der Waals surface area contributed by atoms with E-state index in [4.69, 9.17) is 14.6 Å². The minimum atomic E-state index is -1.01. The molecule has 0 spiro atoms. The largest absolute Gasteiger partial charge is 0.394 e. The van der Waals surface area contributed by atoms with Crippen LogP contribution in [0.5, 0.6) is 0 Å². The molecule has 0 aliphatic carbocycles. The number of hydrogen-bond donors (Lipinski definition) is 3. The van der Waals surface area contributed by atoms with Crippen LogP contribution in [0.1, 0.15) is 71.1 Å². The van der Waals surface area contributed by atoms with Gasteiger partial charge in [-0.2, -0.15) is 0 Å². The summed E-state index contributed by atoms with van der Waals surface area (Å²) < 4.78 is 11.0. The molecule has 148 valence electrons. The topological polar surface area (TPSA) is 79.2 Å². The Hall–Kier alpha value is -0.460. The molecule has 1 aliphatic heterocycles. The molecule has 0 aromatic heterocycles. The molecule has 0 aromatic carbocycles. The lowest BCUT2D eigenvalue weighted by Crippen LogP contribution is -2.42. The maximum absolute atomic E-state index is 9.84. The van der Waals surface area contributed by atoms with Crippen molar-refractivity contribution in [2.24, 2.45) is 0 Å². The van der Waals surface area contributed by atoms with E-state index in [0.717, 1.165) is 25.7 Å². The highest BCUT2D eigenvalue weighted by atomic mass is 16.6. The minimum absolute atomic E-state index is 0.148. The molecule has 1 aliphatic rings. The van der Waals surface area contributed by atoms with Gasteiger partial charge in [0.05, 0.1) is 13.2 Å². The third-order valence-corrected chi connectivity index (χ3v) is 4.70. The average molecular weight is 359 g/mol. The molecule has 0 amide bonds. The lowest BCUT2D eigenvalue weighted by atomic mass is 10.1. The first-order chi connectivity index (χ1) is 12.2. The molecule has 4 atom stereocenters. The second-order valence-corrected chi connectivity index (χ2v) is 6.97. The summed E-state index contributed by atoms with van der Waals surface area (Å²) in [4.78, 5) is 0. The van der Waals surface area contributed by atoms with E-state index in [1.54, 1.807) is 0 Å². The number of hydrogen-bond acceptors (Lipinski definition) is 5. The van der Waals surface area contributed by atoms with Gasteiger partial charge >= 0.3 is 0 Å². The summed E-state index contributed by atoms with van der Waals surface area (Å²) in [5.41, 5.74) is 0. The van der Waals surface area contributed by atoms with E-state index in [1.165, 1.54) is 38.5 Å². The molecule has 3 N–H and O–H groups in total. The second-order valence-electron chi connectivity index (χ2n) is 6.97. The second kappa shape index (κ2) is 14.7. The van der Waals surface area contributed by atoms with Gasteiger partial charge in [-0.1, -0.05) is 51.2 Å². The zero-order chi connectivity index (χ0) is 18.3. The highest BCUT2D eigenvalue weighted by Gasteiger charge is 2.40. The van der Waals surface area contributed by atoms with Crippen LogP contribution < -0.4 is 0 Å². The van der Waals surface area contributed by atoms with Gasteiger partial charge < -0.3 is 24.8 Å². The van der Waals surface area contributed by atoms with Gasteiger partial charge in [-0.3, -0.25) is 0 Å². The summed E-state index contributed by atoms with van der Waals surface area (Å²) in [6.07, 6.45) is 13.8. The van der Waals surface area contributed by atoms with Crippen molar-refractivity contribution in [3.63, 3.8) is 0 Å². The Balaban J connectivity index is 1.97. The van der Waals surface area contributed by atoms with Gasteiger partial charge in [0.1, 0.15) is 24.4 Å². The Bertz CT molecular complexity index is 334. The maximum Gasteiger partial charge on any atom is 0.114 e. The van der Waals surface area contributed by atoms with Crippen molar-refractivity contribution in [3.05, 3.63) is 12.2 Å². The van der Waals surface area contributed by atoms with Gasteiger partial charge in [-0.25, -0.2) is 0 Å². The van der Waals surface area contributed by atoms with E-state index in [1.807, 2.05) is 0 Å². The Labute approximate surface area is 153 Å². The fourth-order valence-electron chi connectivity index (χ4n) is 3.12. The number of unbranched alkanes of at least 4 members (excludes halogenated alkanes) is 8. The fraction of sp³-hybridized carbons (Fsp3) is 0.900. The summed E-state index contributed by atoms with van der Waals surface area (Å²) in [5.74, 6) is 0. The quantitative estimate of drug-likeness (QED) is 0.310. The van der Waals surface area contributed by atoms with Crippen molar-refractivity contribution in [2.45, 2.75) is 95.5 Å². The van der Waals surface area contributed by atoms with Gasteiger partial charge in [0, 0.05) is 6.61 Å². The molecule has 0 bridgehead atoms. The van der Waals surface area contributed by atoms with Gasteiger partial charge in [0.25, 0.3) is 0 Å². The predicted molar refractivity (Wildman–Crippen MR) is 99.6 cm³/mol. The summed E-state index contributed by atoms with van der Waals surface area (Å²) in [6, 6.07) is 0. The molecular weight excluding hydrogens is 320 g/mol. The molecule has 0 saturated carbocycles. The molecule has 1 rings (SSSR count). The van der Waals surface area contributed by atoms with Crippen molar-refractivity contribution in [3.8, 4) is 0 Å². The molecule has 5 nitrogen and oxygen atoms in total. The van der Waals surface area contributed by atoms with Crippen LogP contribution in [0.4, 0.5) is 0 Å². The molecule has 25 heavy (non-hydrogen) atoms.